The maximum atomic E-state index is 12.7. The van der Waals surface area contributed by atoms with Gasteiger partial charge >= 0.3 is 11.9 Å². The Morgan fingerprint density at radius 1 is 0.470 bits per heavy atom. The van der Waals surface area contributed by atoms with Crippen LogP contribution in [0.1, 0.15) is 142 Å². The lowest BCUT2D eigenvalue weighted by molar-refractivity contribution is -0.870. The number of carbonyl (C=O) groups excluding carboxylic acids is 2. The van der Waals surface area contributed by atoms with Crippen LogP contribution in [0.15, 0.2) is 146 Å². The molecule has 0 saturated carbocycles. The van der Waals surface area contributed by atoms with Crippen LogP contribution >= 0.6 is 7.82 Å². The molecule has 0 amide bonds. The fraction of sp³-hybridized carbons (Fsp3) is 0.536. The van der Waals surface area contributed by atoms with Crippen LogP contribution in [0, 0.1) is 0 Å². The molecule has 0 radical (unpaired) electrons. The van der Waals surface area contributed by atoms with E-state index < -0.39 is 32.5 Å². The van der Waals surface area contributed by atoms with Gasteiger partial charge in [0, 0.05) is 12.8 Å². The summed E-state index contributed by atoms with van der Waals surface area (Å²) in [5.74, 6) is -0.978. The van der Waals surface area contributed by atoms with Crippen molar-refractivity contribution in [3.63, 3.8) is 0 Å². The molecule has 0 aliphatic rings. The van der Waals surface area contributed by atoms with Crippen molar-refractivity contribution in [2.45, 2.75) is 148 Å². The Morgan fingerprint density at radius 3 is 1.26 bits per heavy atom. The molecule has 10 heteroatoms. The van der Waals surface area contributed by atoms with Gasteiger partial charge < -0.3 is 27.9 Å². The second kappa shape index (κ2) is 46.0. The third-order valence-electron chi connectivity index (χ3n) is 9.37. The Balaban J connectivity index is 4.50. The molecule has 0 bridgehead atoms. The predicted molar refractivity (Wildman–Crippen MR) is 277 cm³/mol. The Kier molecular flexibility index (Phi) is 43.2. The molecular formula is C56H88NO8P. The van der Waals surface area contributed by atoms with Gasteiger partial charge in [-0.1, -0.05) is 173 Å². The van der Waals surface area contributed by atoms with Gasteiger partial charge in [-0.05, 0) is 103 Å². The minimum Gasteiger partial charge on any atom is -0.756 e. The van der Waals surface area contributed by atoms with Crippen molar-refractivity contribution in [1.29, 1.82) is 0 Å². The highest BCUT2D eigenvalue weighted by Gasteiger charge is 2.21. The Labute approximate surface area is 402 Å². The third-order valence-corrected chi connectivity index (χ3v) is 10.3. The molecule has 0 aromatic carbocycles. The average Bonchev–Trinajstić information content (AvgIpc) is 3.27. The molecule has 0 saturated heterocycles. The molecule has 0 aromatic heterocycles. The summed E-state index contributed by atoms with van der Waals surface area (Å²) in [7, 11) is 1.08. The number of hydrogen-bond donors (Lipinski definition) is 0. The van der Waals surface area contributed by atoms with Gasteiger partial charge in [0.2, 0.25) is 0 Å². The van der Waals surface area contributed by atoms with Gasteiger partial charge in [-0.25, -0.2) is 0 Å². The molecule has 370 valence electrons. The van der Waals surface area contributed by atoms with Gasteiger partial charge in [0.15, 0.2) is 6.10 Å². The quantitative estimate of drug-likeness (QED) is 0.0196. The fourth-order valence-corrected chi connectivity index (χ4v) is 6.35. The number of nitrogens with zero attached hydrogens (tertiary/aromatic N) is 1. The number of likely N-dealkylation sites (N-methyl/N-ethyl adjacent to an activating group) is 1. The second-order valence-electron chi connectivity index (χ2n) is 16.7. The first kappa shape index (κ1) is 61.9. The molecule has 0 rings (SSSR count). The van der Waals surface area contributed by atoms with Gasteiger partial charge in [0.25, 0.3) is 7.82 Å². The Hall–Kier alpha value is -4.11. The number of quaternary nitrogens is 1. The molecule has 0 heterocycles. The van der Waals surface area contributed by atoms with Gasteiger partial charge in [-0.2, -0.15) is 0 Å². The van der Waals surface area contributed by atoms with E-state index in [-0.39, 0.29) is 26.1 Å². The highest BCUT2D eigenvalue weighted by molar-refractivity contribution is 7.45. The number of unbranched alkanes of at least 4 members (excludes halogenated alkanes) is 4. The number of esters is 2. The molecule has 66 heavy (non-hydrogen) atoms. The average molecular weight is 934 g/mol. The van der Waals surface area contributed by atoms with Crippen molar-refractivity contribution < 1.29 is 42.1 Å². The van der Waals surface area contributed by atoms with Crippen LogP contribution in [0.4, 0.5) is 0 Å². The molecular weight excluding hydrogens is 846 g/mol. The minimum atomic E-state index is -4.67. The fourth-order valence-electron chi connectivity index (χ4n) is 5.62. The minimum absolute atomic E-state index is 0.0571. The van der Waals surface area contributed by atoms with Gasteiger partial charge in [-0.15, -0.1) is 0 Å². The number of hydrogen-bond acceptors (Lipinski definition) is 8. The molecule has 0 fully saturated rings. The first-order valence-electron chi connectivity index (χ1n) is 24.5. The molecule has 0 aliphatic heterocycles. The lowest BCUT2D eigenvalue weighted by Crippen LogP contribution is -2.37. The molecule has 0 N–H and O–H groups in total. The van der Waals surface area contributed by atoms with E-state index in [0.29, 0.717) is 23.9 Å². The van der Waals surface area contributed by atoms with E-state index in [1.54, 1.807) is 0 Å². The van der Waals surface area contributed by atoms with E-state index in [1.165, 1.54) is 0 Å². The van der Waals surface area contributed by atoms with Crippen LogP contribution in [0.5, 0.6) is 0 Å². The summed E-state index contributed by atoms with van der Waals surface area (Å²) in [5, 5.41) is 0. The molecule has 0 aliphatic carbocycles. The monoisotopic (exact) mass is 934 g/mol. The normalized spacial score (nSPS) is 14.7. The lowest BCUT2D eigenvalue weighted by atomic mass is 10.1. The van der Waals surface area contributed by atoms with E-state index in [4.69, 9.17) is 18.5 Å². The zero-order chi connectivity index (χ0) is 48.5. The van der Waals surface area contributed by atoms with Gasteiger partial charge in [0.05, 0.1) is 27.7 Å². The SMILES string of the molecule is CC/C=C\C/C=C\C/C=C\C/C=C\C/C=C\C/C=C\CCCCCCC(=O)OC(COC(=O)CC/C=C\C/C=C\C/C=C\C/C=C\C/C=C\C/C=C\CC)COP(=O)([O-])OCC[N+](C)(C)C. The highest BCUT2D eigenvalue weighted by Crippen LogP contribution is 2.38. The standard InChI is InChI=1S/C56H88NO8P/c1-6-8-10-12-14-16-18-20-22-24-26-27-28-29-31-33-35-37-39-41-43-45-47-49-56(59)65-54(53-64-66(60,61)63-51-50-57(3,4)5)52-62-55(58)48-46-44-42-40-38-36-34-32-30-25-23-21-19-17-15-13-11-9-7-2/h8-11,14-17,20-23,26-27,29-32,35-38,42,44,54H,6-7,12-13,18-19,24-25,28,33-34,39-41,43,45-53H2,1-5H3/b10-8-,11-9-,16-14-,17-15-,22-20-,23-21-,27-26-,31-29-,32-30-,37-35-,38-36-,44-42-. The van der Waals surface area contributed by atoms with Crippen LogP contribution in [-0.4, -0.2) is 70.0 Å². The summed E-state index contributed by atoms with van der Waals surface area (Å²) < 4.78 is 33.9. The third kappa shape index (κ3) is 49.3. The Morgan fingerprint density at radius 2 is 0.848 bits per heavy atom. The van der Waals surface area contributed by atoms with Crippen LogP contribution in [0.2, 0.25) is 0 Å². The van der Waals surface area contributed by atoms with Crippen molar-refractivity contribution >= 4 is 19.8 Å². The van der Waals surface area contributed by atoms with E-state index in [9.17, 15) is 19.0 Å². The molecule has 0 aromatic rings. The maximum absolute atomic E-state index is 12.7. The van der Waals surface area contributed by atoms with E-state index >= 15 is 0 Å². The lowest BCUT2D eigenvalue weighted by Gasteiger charge is -2.28. The summed E-state index contributed by atoms with van der Waals surface area (Å²) in [5.41, 5.74) is 0. The summed E-state index contributed by atoms with van der Waals surface area (Å²) in [6.45, 7) is 3.85. The Bertz CT molecular complexity index is 1620. The van der Waals surface area contributed by atoms with Gasteiger partial charge in [0.1, 0.15) is 19.8 Å². The van der Waals surface area contributed by atoms with Crippen molar-refractivity contribution in [1.82, 2.24) is 0 Å². The van der Waals surface area contributed by atoms with Crippen molar-refractivity contribution in [2.24, 2.45) is 0 Å². The van der Waals surface area contributed by atoms with Crippen molar-refractivity contribution in [3.05, 3.63) is 146 Å². The number of ether oxygens (including phenoxy) is 2. The first-order chi connectivity index (χ1) is 32.0. The van der Waals surface area contributed by atoms with E-state index in [1.807, 2.05) is 33.3 Å². The van der Waals surface area contributed by atoms with Crippen molar-refractivity contribution in [2.75, 3.05) is 47.5 Å². The smallest absolute Gasteiger partial charge is 0.306 e. The number of allylic oxidation sites excluding steroid dienone is 24. The molecule has 0 spiro atoms. The largest absolute Gasteiger partial charge is 0.756 e. The topological polar surface area (TPSA) is 111 Å². The van der Waals surface area contributed by atoms with E-state index in [0.717, 1.165) is 103 Å². The number of carbonyl (C=O) groups is 2. The molecule has 2 atom stereocenters. The van der Waals surface area contributed by atoms with Gasteiger partial charge in [-0.3, -0.25) is 14.2 Å². The zero-order valence-corrected chi connectivity index (χ0v) is 42.5. The summed E-state index contributed by atoms with van der Waals surface area (Å²) >= 11 is 0. The van der Waals surface area contributed by atoms with Crippen LogP contribution < -0.4 is 4.89 Å². The summed E-state index contributed by atoms with van der Waals surface area (Å²) in [6, 6.07) is 0. The molecule has 2 unspecified atom stereocenters. The van der Waals surface area contributed by atoms with Crippen molar-refractivity contribution in [3.8, 4) is 0 Å². The number of phosphoric acid groups is 1. The summed E-state index contributed by atoms with van der Waals surface area (Å²) in [6.07, 6.45) is 67.5. The van der Waals surface area contributed by atoms with Crippen LogP contribution in [-0.2, 0) is 32.7 Å². The van der Waals surface area contributed by atoms with Crippen LogP contribution in [0.25, 0.3) is 0 Å². The van der Waals surface area contributed by atoms with E-state index in [2.05, 4.69) is 148 Å². The summed E-state index contributed by atoms with van der Waals surface area (Å²) in [4.78, 5) is 37.7. The predicted octanol–water partition coefficient (Wildman–Crippen LogP) is 14.2. The zero-order valence-electron chi connectivity index (χ0n) is 41.6. The maximum Gasteiger partial charge on any atom is 0.306 e. The number of rotatable bonds is 42. The van der Waals surface area contributed by atoms with Crippen LogP contribution in [0.3, 0.4) is 0 Å². The number of phosphoric ester groups is 1. The second-order valence-corrected chi connectivity index (χ2v) is 18.1. The first-order valence-corrected chi connectivity index (χ1v) is 26.0. The molecule has 9 nitrogen and oxygen atoms in total. The highest BCUT2D eigenvalue weighted by atomic mass is 31.2.